The number of amides is 1. The standard InChI is InChI=1S/C30H31ClN6O3/c1-30(19-10-7-17(8-11-19)9-14-23(38)39)24-26(32)33-28(34-27(24)35-29(30)40)25-21-13-12-20(31)15-22(21)37(36-25)16-18-5-3-2-4-6-18/h7-8,10-13,15,18H,2-6,9,14,16H2,1H3,(H,38,39)(H3,32,33,34,35,40)/t30-/m0/s1. The molecule has 2 aromatic carbocycles. The van der Waals surface area contributed by atoms with Crippen molar-refractivity contribution in [3.63, 3.8) is 0 Å². The number of rotatable bonds is 7. The van der Waals surface area contributed by atoms with Gasteiger partial charge in [0.1, 0.15) is 22.7 Å². The topological polar surface area (TPSA) is 136 Å². The molecular formula is C30H31ClN6O3. The number of carboxylic acids is 1. The molecule has 10 heteroatoms. The lowest BCUT2D eigenvalue weighted by Gasteiger charge is -2.23. The van der Waals surface area contributed by atoms with Crippen LogP contribution >= 0.6 is 11.6 Å². The highest BCUT2D eigenvalue weighted by Crippen LogP contribution is 2.45. The molecule has 2 aliphatic rings. The van der Waals surface area contributed by atoms with Gasteiger partial charge in [0.25, 0.3) is 0 Å². The zero-order valence-electron chi connectivity index (χ0n) is 22.3. The zero-order valence-corrected chi connectivity index (χ0v) is 23.0. The van der Waals surface area contributed by atoms with Gasteiger partial charge in [0.05, 0.1) is 11.1 Å². The van der Waals surface area contributed by atoms with Crippen LogP contribution in [0.3, 0.4) is 0 Å². The summed E-state index contributed by atoms with van der Waals surface area (Å²) < 4.78 is 2.01. The second-order valence-electron chi connectivity index (χ2n) is 11.0. The summed E-state index contributed by atoms with van der Waals surface area (Å²) >= 11 is 6.37. The molecule has 0 radical (unpaired) electrons. The highest BCUT2D eigenvalue weighted by molar-refractivity contribution is 6.31. The third-order valence-electron chi connectivity index (χ3n) is 8.36. The fraction of sp³-hybridized carbons (Fsp3) is 0.367. The van der Waals surface area contributed by atoms with Gasteiger partial charge in [0, 0.05) is 23.4 Å². The second kappa shape index (κ2) is 10.2. The van der Waals surface area contributed by atoms with E-state index in [-0.39, 0.29) is 18.1 Å². The fourth-order valence-electron chi connectivity index (χ4n) is 6.11. The number of nitrogens with zero attached hydrogens (tertiary/aromatic N) is 4. The van der Waals surface area contributed by atoms with Crippen molar-refractivity contribution in [2.75, 3.05) is 11.1 Å². The van der Waals surface area contributed by atoms with Gasteiger partial charge in [0.2, 0.25) is 5.91 Å². The number of hydrogen-bond acceptors (Lipinski definition) is 6. The number of carbonyl (C=O) groups excluding carboxylic acids is 1. The van der Waals surface area contributed by atoms with Crippen LogP contribution in [0.2, 0.25) is 5.02 Å². The minimum Gasteiger partial charge on any atom is -0.481 e. The molecule has 1 aliphatic heterocycles. The number of nitrogen functional groups attached to an aromatic ring is 1. The van der Waals surface area contributed by atoms with E-state index < -0.39 is 11.4 Å². The number of aliphatic carboxylic acids is 1. The Kier molecular flexibility index (Phi) is 6.70. The van der Waals surface area contributed by atoms with Crippen molar-refractivity contribution < 1.29 is 14.7 Å². The Morgan fingerprint density at radius 2 is 1.90 bits per heavy atom. The van der Waals surface area contributed by atoms with Gasteiger partial charge in [-0.25, -0.2) is 9.97 Å². The van der Waals surface area contributed by atoms with E-state index in [9.17, 15) is 9.59 Å². The van der Waals surface area contributed by atoms with Gasteiger partial charge in [-0.3, -0.25) is 14.3 Å². The molecule has 1 atom stereocenters. The number of fused-ring (bicyclic) bond motifs is 2. The van der Waals surface area contributed by atoms with E-state index in [0.717, 1.165) is 28.6 Å². The van der Waals surface area contributed by atoms with Crippen LogP contribution in [-0.4, -0.2) is 36.7 Å². The van der Waals surface area contributed by atoms with Crippen LogP contribution in [0, 0.1) is 5.92 Å². The molecule has 4 N–H and O–H groups in total. The number of nitrogens with two attached hydrogens (primary N) is 1. The van der Waals surface area contributed by atoms with Crippen molar-refractivity contribution in [1.29, 1.82) is 0 Å². The lowest BCUT2D eigenvalue weighted by Crippen LogP contribution is -2.33. The Bertz CT molecular complexity index is 1630. The van der Waals surface area contributed by atoms with Crippen LogP contribution in [0.25, 0.3) is 22.4 Å². The molecule has 1 aliphatic carbocycles. The van der Waals surface area contributed by atoms with Crippen molar-refractivity contribution >= 4 is 46.0 Å². The van der Waals surface area contributed by atoms with E-state index in [2.05, 4.69) is 10.3 Å². The number of halogens is 1. The molecule has 0 saturated heterocycles. The monoisotopic (exact) mass is 558 g/mol. The summed E-state index contributed by atoms with van der Waals surface area (Å²) in [6.45, 7) is 2.60. The second-order valence-corrected chi connectivity index (χ2v) is 11.5. The summed E-state index contributed by atoms with van der Waals surface area (Å²) in [5, 5.41) is 18.3. The number of benzene rings is 2. The van der Waals surface area contributed by atoms with E-state index >= 15 is 0 Å². The highest BCUT2D eigenvalue weighted by atomic mass is 35.5. The summed E-state index contributed by atoms with van der Waals surface area (Å²) in [6.07, 6.45) is 6.60. The SMILES string of the molecule is C[C@@]1(c2ccc(CCC(=O)O)cc2)C(=O)Nc2nc(-c3nn(CC4CCCCC4)c4cc(Cl)ccc34)nc(N)c21. The van der Waals surface area contributed by atoms with Crippen LogP contribution in [0.5, 0.6) is 0 Å². The molecule has 1 fully saturated rings. The smallest absolute Gasteiger partial charge is 0.303 e. The summed E-state index contributed by atoms with van der Waals surface area (Å²) in [5.41, 5.74) is 9.11. The van der Waals surface area contributed by atoms with E-state index in [4.69, 9.17) is 32.5 Å². The van der Waals surface area contributed by atoms with E-state index in [1.165, 1.54) is 32.1 Å². The number of carbonyl (C=O) groups is 2. The predicted molar refractivity (Wildman–Crippen MR) is 154 cm³/mol. The van der Waals surface area contributed by atoms with Crippen LogP contribution in [-0.2, 0) is 28.0 Å². The maximum Gasteiger partial charge on any atom is 0.303 e. The summed E-state index contributed by atoms with van der Waals surface area (Å²) in [6, 6.07) is 13.0. The molecule has 206 valence electrons. The lowest BCUT2D eigenvalue weighted by molar-refractivity contribution is -0.137. The Labute approximate surface area is 236 Å². The van der Waals surface area contributed by atoms with Crippen molar-refractivity contribution in [3.8, 4) is 11.5 Å². The van der Waals surface area contributed by atoms with Crippen LogP contribution in [0.4, 0.5) is 11.6 Å². The molecular weight excluding hydrogens is 528 g/mol. The molecule has 0 spiro atoms. The first-order valence-corrected chi connectivity index (χ1v) is 14.1. The molecule has 4 aromatic rings. The third-order valence-corrected chi connectivity index (χ3v) is 8.60. The van der Waals surface area contributed by atoms with E-state index in [1.807, 2.05) is 47.1 Å². The molecule has 1 saturated carbocycles. The fourth-order valence-corrected chi connectivity index (χ4v) is 6.28. The summed E-state index contributed by atoms with van der Waals surface area (Å²) in [5.74, 6) is 0.382. The molecule has 6 rings (SSSR count). The van der Waals surface area contributed by atoms with Gasteiger partial charge in [-0.05, 0) is 61.4 Å². The molecule has 2 aromatic heterocycles. The van der Waals surface area contributed by atoms with Crippen molar-refractivity contribution in [1.82, 2.24) is 19.7 Å². The molecule has 1 amide bonds. The average molecular weight is 559 g/mol. The van der Waals surface area contributed by atoms with Crippen LogP contribution in [0.15, 0.2) is 42.5 Å². The lowest BCUT2D eigenvalue weighted by atomic mass is 9.77. The number of aryl methyl sites for hydroxylation is 1. The number of nitrogens with one attached hydrogen (secondary N) is 1. The molecule has 40 heavy (non-hydrogen) atoms. The Hall–Kier alpha value is -3.98. The number of hydrogen-bond donors (Lipinski definition) is 3. The van der Waals surface area contributed by atoms with Gasteiger partial charge >= 0.3 is 5.97 Å². The molecule has 0 bridgehead atoms. The Balaban J connectivity index is 1.38. The van der Waals surface area contributed by atoms with Gasteiger partial charge in [-0.2, -0.15) is 5.10 Å². The summed E-state index contributed by atoms with van der Waals surface area (Å²) in [4.78, 5) is 33.7. The predicted octanol–water partition coefficient (Wildman–Crippen LogP) is 5.58. The first kappa shape index (κ1) is 26.3. The first-order valence-electron chi connectivity index (χ1n) is 13.7. The van der Waals surface area contributed by atoms with E-state index in [1.54, 1.807) is 6.92 Å². The quantitative estimate of drug-likeness (QED) is 0.269. The van der Waals surface area contributed by atoms with Gasteiger partial charge in [0.15, 0.2) is 5.82 Å². The minimum absolute atomic E-state index is 0.0425. The number of anilines is 2. The third kappa shape index (κ3) is 4.58. The van der Waals surface area contributed by atoms with Crippen LogP contribution in [0.1, 0.15) is 62.1 Å². The number of carboxylic acid groups (broad SMARTS) is 1. The van der Waals surface area contributed by atoms with Gasteiger partial charge in [-0.1, -0.05) is 55.1 Å². The molecule has 0 unspecified atom stereocenters. The Morgan fingerprint density at radius 3 is 2.62 bits per heavy atom. The van der Waals surface area contributed by atoms with Gasteiger partial charge < -0.3 is 16.2 Å². The van der Waals surface area contributed by atoms with Crippen molar-refractivity contribution in [3.05, 3.63) is 64.2 Å². The molecule has 3 heterocycles. The minimum atomic E-state index is -1.10. The first-order chi connectivity index (χ1) is 19.2. The molecule has 9 nitrogen and oxygen atoms in total. The van der Waals surface area contributed by atoms with Crippen molar-refractivity contribution in [2.24, 2.45) is 5.92 Å². The maximum atomic E-state index is 13.4. The number of aromatic nitrogens is 4. The average Bonchev–Trinajstić information content (AvgIpc) is 3.42. The zero-order chi connectivity index (χ0) is 28.0. The van der Waals surface area contributed by atoms with Crippen molar-refractivity contribution in [2.45, 2.75) is 63.8 Å². The largest absolute Gasteiger partial charge is 0.481 e. The van der Waals surface area contributed by atoms with Crippen LogP contribution < -0.4 is 11.1 Å². The van der Waals surface area contributed by atoms with Gasteiger partial charge in [-0.15, -0.1) is 0 Å². The van der Waals surface area contributed by atoms with E-state index in [0.29, 0.717) is 40.3 Å². The normalized spacial score (nSPS) is 19.1. The highest BCUT2D eigenvalue weighted by Gasteiger charge is 2.47. The maximum absolute atomic E-state index is 13.4. The summed E-state index contributed by atoms with van der Waals surface area (Å²) in [7, 11) is 0. The Morgan fingerprint density at radius 1 is 1.15 bits per heavy atom.